The van der Waals surface area contributed by atoms with E-state index in [1.165, 1.54) is 6.07 Å². The van der Waals surface area contributed by atoms with Crippen LogP contribution >= 0.6 is 12.4 Å². The summed E-state index contributed by atoms with van der Waals surface area (Å²) in [6.07, 6.45) is 3.57. The van der Waals surface area contributed by atoms with E-state index in [0.29, 0.717) is 6.04 Å². The highest BCUT2D eigenvalue weighted by Gasteiger charge is 2.25. The molecule has 5 heteroatoms. The van der Waals surface area contributed by atoms with Crippen LogP contribution in [0.1, 0.15) is 31.7 Å². The number of halogens is 2. The number of aryl methyl sites for hydroxylation is 1. The van der Waals surface area contributed by atoms with Gasteiger partial charge in [0.05, 0.1) is 0 Å². The molecule has 124 valence electrons. The predicted octanol–water partition coefficient (Wildman–Crippen LogP) is 3.03. The van der Waals surface area contributed by atoms with Gasteiger partial charge in [0.25, 0.3) is 0 Å². The van der Waals surface area contributed by atoms with E-state index < -0.39 is 0 Å². The van der Waals surface area contributed by atoms with E-state index in [-0.39, 0.29) is 30.0 Å². The van der Waals surface area contributed by atoms with Crippen LogP contribution < -0.4 is 5.32 Å². The summed E-state index contributed by atoms with van der Waals surface area (Å²) < 4.78 is 13.1. The molecule has 0 aromatic heterocycles. The molecule has 1 aromatic rings. The molecule has 1 N–H and O–H groups in total. The first-order valence-corrected chi connectivity index (χ1v) is 7.80. The Bertz CT molecular complexity index is 475. The maximum atomic E-state index is 13.1. The van der Waals surface area contributed by atoms with E-state index in [4.69, 9.17) is 0 Å². The molecule has 1 atom stereocenters. The van der Waals surface area contributed by atoms with Gasteiger partial charge in [-0.3, -0.25) is 4.79 Å². The molecule has 0 bridgehead atoms. The number of likely N-dealkylation sites (tertiary alicyclic amines) is 1. The number of hydrogen-bond donors (Lipinski definition) is 1. The van der Waals surface area contributed by atoms with Gasteiger partial charge in [0.1, 0.15) is 5.82 Å². The molecule has 22 heavy (non-hydrogen) atoms. The fourth-order valence-corrected chi connectivity index (χ4v) is 2.90. The molecule has 0 aliphatic carbocycles. The minimum Gasteiger partial charge on any atom is -0.342 e. The second kappa shape index (κ2) is 9.11. The van der Waals surface area contributed by atoms with Crippen LogP contribution in [0.2, 0.25) is 0 Å². The Balaban J connectivity index is 0.00000242. The average Bonchev–Trinajstić information content (AvgIpc) is 2.52. The summed E-state index contributed by atoms with van der Waals surface area (Å²) in [7, 11) is 1.98. The lowest BCUT2D eigenvalue weighted by molar-refractivity contribution is -0.136. The number of amides is 1. The van der Waals surface area contributed by atoms with Gasteiger partial charge < -0.3 is 10.2 Å². The first-order chi connectivity index (χ1) is 10.1. The smallest absolute Gasteiger partial charge is 0.225 e. The normalized spacial score (nSPS) is 17.0. The van der Waals surface area contributed by atoms with Crippen LogP contribution in [-0.4, -0.2) is 37.0 Å². The molecule has 1 saturated heterocycles. The zero-order valence-corrected chi connectivity index (χ0v) is 14.2. The topological polar surface area (TPSA) is 32.3 Å². The highest BCUT2D eigenvalue weighted by atomic mass is 35.5. The van der Waals surface area contributed by atoms with E-state index in [1.54, 1.807) is 12.1 Å². The number of piperidine rings is 1. The van der Waals surface area contributed by atoms with E-state index in [0.717, 1.165) is 44.3 Å². The molecule has 2 rings (SSSR count). The number of carbonyl (C=O) groups excluding carboxylic acids is 1. The van der Waals surface area contributed by atoms with Gasteiger partial charge in [-0.25, -0.2) is 4.39 Å². The summed E-state index contributed by atoms with van der Waals surface area (Å²) in [6, 6.07) is 7.18. The summed E-state index contributed by atoms with van der Waals surface area (Å²) in [5.41, 5.74) is 0.962. The summed E-state index contributed by atoms with van der Waals surface area (Å²) in [6.45, 7) is 3.66. The lowest BCUT2D eigenvalue weighted by atomic mass is 9.98. The quantitative estimate of drug-likeness (QED) is 0.901. The predicted molar refractivity (Wildman–Crippen MR) is 89.8 cm³/mol. The molecule has 1 fully saturated rings. The van der Waals surface area contributed by atoms with Gasteiger partial charge in [-0.2, -0.15) is 0 Å². The fourth-order valence-electron chi connectivity index (χ4n) is 2.90. The van der Waals surface area contributed by atoms with Crippen LogP contribution in [0.5, 0.6) is 0 Å². The number of nitrogens with one attached hydrogen (secondary N) is 1. The Hall–Kier alpha value is -1.13. The number of rotatable bonds is 5. The van der Waals surface area contributed by atoms with Crippen molar-refractivity contribution in [2.24, 2.45) is 5.92 Å². The van der Waals surface area contributed by atoms with Crippen molar-refractivity contribution in [1.29, 1.82) is 0 Å². The highest BCUT2D eigenvalue weighted by molar-refractivity contribution is 5.85. The van der Waals surface area contributed by atoms with Crippen LogP contribution in [0.4, 0.5) is 4.39 Å². The van der Waals surface area contributed by atoms with Crippen molar-refractivity contribution in [1.82, 2.24) is 10.2 Å². The fraction of sp³-hybridized carbons (Fsp3) is 0.588. The van der Waals surface area contributed by atoms with Crippen molar-refractivity contribution in [2.75, 3.05) is 20.1 Å². The lowest BCUT2D eigenvalue weighted by Gasteiger charge is -2.33. The molecule has 1 aliphatic rings. The summed E-state index contributed by atoms with van der Waals surface area (Å²) >= 11 is 0. The molecule has 1 aliphatic heterocycles. The zero-order valence-electron chi connectivity index (χ0n) is 13.3. The van der Waals surface area contributed by atoms with Gasteiger partial charge in [-0.05, 0) is 50.4 Å². The highest BCUT2D eigenvalue weighted by Crippen LogP contribution is 2.17. The standard InChI is InChI=1S/C17H25FN2O.ClH/c1-13(6-7-14-4-3-5-15(18)12-14)17(21)20-10-8-16(19-2)9-11-20;/h3-5,12-13,16,19H,6-11H2,1-2H3;1H. The van der Waals surface area contributed by atoms with Crippen molar-refractivity contribution in [3.05, 3.63) is 35.6 Å². The van der Waals surface area contributed by atoms with Crippen molar-refractivity contribution < 1.29 is 9.18 Å². The molecular formula is C17H26ClFN2O. The average molecular weight is 329 g/mol. The van der Waals surface area contributed by atoms with Crippen LogP contribution in [0.3, 0.4) is 0 Å². The molecule has 1 amide bonds. The number of carbonyl (C=O) groups is 1. The van der Waals surface area contributed by atoms with E-state index in [1.807, 2.05) is 24.9 Å². The van der Waals surface area contributed by atoms with Crippen LogP contribution in [-0.2, 0) is 11.2 Å². The maximum Gasteiger partial charge on any atom is 0.225 e. The number of nitrogens with zero attached hydrogens (tertiary/aromatic N) is 1. The SMILES string of the molecule is CNC1CCN(C(=O)C(C)CCc2cccc(F)c2)CC1.Cl. The minimum atomic E-state index is -0.208. The van der Waals surface area contributed by atoms with E-state index in [2.05, 4.69) is 5.32 Å². The Morgan fingerprint density at radius 2 is 2.09 bits per heavy atom. The molecule has 0 radical (unpaired) electrons. The summed E-state index contributed by atoms with van der Waals surface area (Å²) in [5, 5.41) is 3.27. The van der Waals surface area contributed by atoms with Crippen LogP contribution in [0, 0.1) is 11.7 Å². The number of hydrogen-bond acceptors (Lipinski definition) is 2. The second-order valence-corrected chi connectivity index (χ2v) is 5.96. The van der Waals surface area contributed by atoms with Gasteiger partial charge in [-0.15, -0.1) is 12.4 Å². The molecule has 1 heterocycles. The molecular weight excluding hydrogens is 303 g/mol. The third-order valence-electron chi connectivity index (χ3n) is 4.39. The molecule has 1 aromatic carbocycles. The Morgan fingerprint density at radius 1 is 1.41 bits per heavy atom. The summed E-state index contributed by atoms with van der Waals surface area (Å²) in [4.78, 5) is 14.4. The Morgan fingerprint density at radius 3 is 2.68 bits per heavy atom. The molecule has 0 spiro atoms. The Labute approximate surface area is 138 Å². The van der Waals surface area contributed by atoms with E-state index >= 15 is 0 Å². The number of benzene rings is 1. The Kier molecular flexibility index (Phi) is 7.83. The largest absolute Gasteiger partial charge is 0.342 e. The molecule has 3 nitrogen and oxygen atoms in total. The molecule has 0 saturated carbocycles. The van der Waals surface area contributed by atoms with Crippen molar-refractivity contribution in [3.8, 4) is 0 Å². The van der Waals surface area contributed by atoms with Gasteiger partial charge >= 0.3 is 0 Å². The van der Waals surface area contributed by atoms with Crippen molar-refractivity contribution >= 4 is 18.3 Å². The first-order valence-electron chi connectivity index (χ1n) is 7.80. The van der Waals surface area contributed by atoms with Gasteiger partial charge in [0.2, 0.25) is 5.91 Å². The lowest BCUT2D eigenvalue weighted by Crippen LogP contribution is -2.45. The van der Waals surface area contributed by atoms with Gasteiger partial charge in [0, 0.05) is 25.0 Å². The molecule has 1 unspecified atom stereocenters. The second-order valence-electron chi connectivity index (χ2n) is 5.96. The van der Waals surface area contributed by atoms with Gasteiger partial charge in [-0.1, -0.05) is 19.1 Å². The first kappa shape index (κ1) is 18.9. The van der Waals surface area contributed by atoms with Gasteiger partial charge in [0.15, 0.2) is 0 Å². The van der Waals surface area contributed by atoms with Crippen molar-refractivity contribution in [3.63, 3.8) is 0 Å². The zero-order chi connectivity index (χ0) is 15.2. The monoisotopic (exact) mass is 328 g/mol. The van der Waals surface area contributed by atoms with Crippen molar-refractivity contribution in [2.45, 2.75) is 38.6 Å². The van der Waals surface area contributed by atoms with Crippen LogP contribution in [0.25, 0.3) is 0 Å². The van der Waals surface area contributed by atoms with Crippen LogP contribution in [0.15, 0.2) is 24.3 Å². The third-order valence-corrected chi connectivity index (χ3v) is 4.39. The summed E-state index contributed by atoms with van der Waals surface area (Å²) in [5.74, 6) is 0.0287. The third kappa shape index (κ3) is 5.25. The minimum absolute atomic E-state index is 0. The maximum absolute atomic E-state index is 13.1. The van der Waals surface area contributed by atoms with E-state index in [9.17, 15) is 9.18 Å².